The van der Waals surface area contributed by atoms with Crippen LogP contribution in [0.5, 0.6) is 0 Å². The van der Waals surface area contributed by atoms with E-state index in [4.69, 9.17) is 0 Å². The van der Waals surface area contributed by atoms with Gasteiger partial charge >= 0.3 is 11.7 Å². The average molecular weight is 331 g/mol. The van der Waals surface area contributed by atoms with Crippen LogP contribution in [0.2, 0.25) is 0 Å². The Morgan fingerprint density at radius 1 is 1.21 bits per heavy atom. The fourth-order valence-corrected chi connectivity index (χ4v) is 3.06. The van der Waals surface area contributed by atoms with Gasteiger partial charge in [-0.25, -0.2) is 9.59 Å². The molecule has 24 heavy (non-hydrogen) atoms. The molecule has 1 saturated heterocycles. The number of likely N-dealkylation sites (tertiary alicyclic amines) is 1. The number of carboxylic acid groups (broad SMARTS) is 1. The summed E-state index contributed by atoms with van der Waals surface area (Å²) in [5.74, 6) is -1.60. The molecule has 0 bridgehead atoms. The molecule has 1 aromatic heterocycles. The fourth-order valence-electron chi connectivity index (χ4n) is 3.06. The summed E-state index contributed by atoms with van der Waals surface area (Å²) in [4.78, 5) is 52.1. The van der Waals surface area contributed by atoms with Crippen molar-refractivity contribution in [1.29, 1.82) is 0 Å². The van der Waals surface area contributed by atoms with E-state index in [2.05, 4.69) is 4.98 Å². The molecule has 1 aliphatic rings. The molecular formula is C16H17N3O5. The number of carbonyl (C=O) groups is 2. The molecule has 3 rings (SSSR count). The van der Waals surface area contributed by atoms with Crippen LogP contribution in [0.25, 0.3) is 10.9 Å². The zero-order valence-electron chi connectivity index (χ0n) is 12.9. The maximum Gasteiger partial charge on any atom is 0.329 e. The number of amides is 1. The van der Waals surface area contributed by atoms with E-state index in [0.717, 1.165) is 11.0 Å². The van der Waals surface area contributed by atoms with Gasteiger partial charge in [0, 0.05) is 6.54 Å². The third-order valence-electron chi connectivity index (χ3n) is 4.29. The van der Waals surface area contributed by atoms with Crippen molar-refractivity contribution in [2.24, 2.45) is 0 Å². The minimum Gasteiger partial charge on any atom is -0.480 e. The molecule has 1 unspecified atom stereocenters. The van der Waals surface area contributed by atoms with Crippen molar-refractivity contribution in [3.05, 3.63) is 45.1 Å². The highest BCUT2D eigenvalue weighted by Gasteiger charge is 2.32. The predicted molar refractivity (Wildman–Crippen MR) is 85.8 cm³/mol. The van der Waals surface area contributed by atoms with Crippen molar-refractivity contribution in [2.75, 3.05) is 6.54 Å². The lowest BCUT2D eigenvalue weighted by atomic mass is 10.0. The van der Waals surface area contributed by atoms with E-state index in [1.165, 1.54) is 4.90 Å². The summed E-state index contributed by atoms with van der Waals surface area (Å²) in [5, 5.41) is 9.55. The van der Waals surface area contributed by atoms with E-state index in [9.17, 15) is 24.3 Å². The third-order valence-corrected chi connectivity index (χ3v) is 4.29. The number of hydrogen-bond donors (Lipinski definition) is 2. The summed E-state index contributed by atoms with van der Waals surface area (Å²) in [6.45, 7) is -0.154. The Hall–Kier alpha value is -2.90. The van der Waals surface area contributed by atoms with Gasteiger partial charge in [0.25, 0.3) is 5.56 Å². The number of fused-ring (bicyclic) bond motifs is 1. The van der Waals surface area contributed by atoms with Crippen molar-refractivity contribution >= 4 is 22.8 Å². The van der Waals surface area contributed by atoms with Gasteiger partial charge in [-0.05, 0) is 31.4 Å². The van der Waals surface area contributed by atoms with E-state index in [1.807, 2.05) is 0 Å². The first-order valence-corrected chi connectivity index (χ1v) is 7.73. The number of H-pyrrole nitrogens is 1. The number of nitrogens with one attached hydrogen (secondary N) is 1. The SMILES string of the molecule is O=C(O)C1CCCCN1C(=O)Cn1c(=O)[nH]c2ccccc2c1=O. The quantitative estimate of drug-likeness (QED) is 0.832. The van der Waals surface area contributed by atoms with Crippen molar-refractivity contribution in [3.8, 4) is 0 Å². The predicted octanol–water partition coefficient (Wildman–Crippen LogP) is 0.155. The summed E-state index contributed by atoms with van der Waals surface area (Å²) in [6.07, 6.45) is 1.82. The van der Waals surface area contributed by atoms with E-state index in [1.54, 1.807) is 24.3 Å². The first-order chi connectivity index (χ1) is 11.5. The van der Waals surface area contributed by atoms with Gasteiger partial charge in [-0.3, -0.25) is 14.2 Å². The number of aromatic amines is 1. The molecule has 0 spiro atoms. The van der Waals surface area contributed by atoms with Crippen LogP contribution in [0.15, 0.2) is 33.9 Å². The third kappa shape index (κ3) is 2.82. The van der Waals surface area contributed by atoms with Crippen LogP contribution in [0.3, 0.4) is 0 Å². The second-order valence-corrected chi connectivity index (χ2v) is 5.80. The van der Waals surface area contributed by atoms with Crippen molar-refractivity contribution in [3.63, 3.8) is 0 Å². The van der Waals surface area contributed by atoms with Gasteiger partial charge in [0.05, 0.1) is 10.9 Å². The number of hydrogen-bond acceptors (Lipinski definition) is 4. The number of benzene rings is 1. The van der Waals surface area contributed by atoms with Gasteiger partial charge in [0.1, 0.15) is 12.6 Å². The molecule has 0 radical (unpaired) electrons. The minimum absolute atomic E-state index is 0.304. The van der Waals surface area contributed by atoms with Gasteiger partial charge in [0.15, 0.2) is 0 Å². The Morgan fingerprint density at radius 3 is 2.71 bits per heavy atom. The van der Waals surface area contributed by atoms with Gasteiger partial charge < -0.3 is 15.0 Å². The maximum atomic E-state index is 12.5. The van der Waals surface area contributed by atoms with E-state index < -0.39 is 35.7 Å². The highest BCUT2D eigenvalue weighted by Crippen LogP contribution is 2.17. The standard InChI is InChI=1S/C16H17N3O5/c20-13(18-8-4-3-7-12(18)15(22)23)9-19-14(21)10-5-1-2-6-11(10)17-16(19)24/h1-2,5-6,12H,3-4,7-9H2,(H,17,24)(H,22,23). The lowest BCUT2D eigenvalue weighted by molar-refractivity contribution is -0.152. The summed E-state index contributed by atoms with van der Waals surface area (Å²) in [7, 11) is 0. The lowest BCUT2D eigenvalue weighted by Crippen LogP contribution is -2.51. The Morgan fingerprint density at radius 2 is 1.96 bits per heavy atom. The molecular weight excluding hydrogens is 314 g/mol. The van der Waals surface area contributed by atoms with Crippen LogP contribution in [-0.2, 0) is 16.1 Å². The fraction of sp³-hybridized carbons (Fsp3) is 0.375. The highest BCUT2D eigenvalue weighted by molar-refractivity contribution is 5.84. The van der Waals surface area contributed by atoms with Crippen molar-refractivity contribution in [1.82, 2.24) is 14.5 Å². The van der Waals surface area contributed by atoms with E-state index in [-0.39, 0.29) is 0 Å². The molecule has 0 aliphatic carbocycles. The van der Waals surface area contributed by atoms with Crippen LogP contribution in [0.4, 0.5) is 0 Å². The molecule has 1 fully saturated rings. The molecule has 126 valence electrons. The smallest absolute Gasteiger partial charge is 0.329 e. The van der Waals surface area contributed by atoms with Crippen LogP contribution in [0, 0.1) is 0 Å². The number of para-hydroxylation sites is 1. The van der Waals surface area contributed by atoms with Crippen LogP contribution < -0.4 is 11.2 Å². The number of rotatable bonds is 3. The second kappa shape index (κ2) is 6.31. The molecule has 1 atom stereocenters. The molecule has 8 heteroatoms. The second-order valence-electron chi connectivity index (χ2n) is 5.80. The van der Waals surface area contributed by atoms with Crippen LogP contribution >= 0.6 is 0 Å². The maximum absolute atomic E-state index is 12.5. The lowest BCUT2D eigenvalue weighted by Gasteiger charge is -2.33. The number of aliphatic carboxylic acids is 1. The summed E-state index contributed by atoms with van der Waals surface area (Å²) in [6, 6.07) is 5.63. The highest BCUT2D eigenvalue weighted by atomic mass is 16.4. The zero-order chi connectivity index (χ0) is 17.3. The van der Waals surface area contributed by atoms with E-state index >= 15 is 0 Å². The molecule has 2 heterocycles. The van der Waals surface area contributed by atoms with Gasteiger partial charge in [-0.2, -0.15) is 0 Å². The number of aromatic nitrogens is 2. The van der Waals surface area contributed by atoms with Gasteiger partial charge in [-0.15, -0.1) is 0 Å². The zero-order valence-corrected chi connectivity index (χ0v) is 12.9. The largest absolute Gasteiger partial charge is 0.480 e. The average Bonchev–Trinajstić information content (AvgIpc) is 2.58. The minimum atomic E-state index is -1.07. The van der Waals surface area contributed by atoms with E-state index in [0.29, 0.717) is 30.3 Å². The Balaban J connectivity index is 1.94. The Labute approximate surface area is 136 Å². The van der Waals surface area contributed by atoms with Crippen molar-refractivity contribution in [2.45, 2.75) is 31.8 Å². The monoisotopic (exact) mass is 331 g/mol. The summed E-state index contributed by atoms with van der Waals surface area (Å²) < 4.78 is 0.818. The Kier molecular flexibility index (Phi) is 4.20. The molecule has 2 aromatic rings. The molecule has 8 nitrogen and oxygen atoms in total. The Bertz CT molecular complexity index is 914. The number of nitrogens with zero attached hydrogens (tertiary/aromatic N) is 2. The number of piperidine rings is 1. The normalized spacial score (nSPS) is 17.8. The first-order valence-electron chi connectivity index (χ1n) is 7.73. The molecule has 1 aromatic carbocycles. The first kappa shape index (κ1) is 16.0. The summed E-state index contributed by atoms with van der Waals surface area (Å²) >= 11 is 0. The molecule has 1 aliphatic heterocycles. The van der Waals surface area contributed by atoms with Crippen molar-refractivity contribution < 1.29 is 14.7 Å². The number of carboxylic acids is 1. The summed E-state index contributed by atoms with van der Waals surface area (Å²) in [5.41, 5.74) is -0.847. The number of carbonyl (C=O) groups excluding carboxylic acids is 1. The molecule has 2 N–H and O–H groups in total. The molecule has 1 amide bonds. The van der Waals surface area contributed by atoms with Gasteiger partial charge in [-0.1, -0.05) is 12.1 Å². The van der Waals surface area contributed by atoms with Crippen LogP contribution in [-0.4, -0.2) is 44.0 Å². The molecule has 0 saturated carbocycles. The van der Waals surface area contributed by atoms with Crippen LogP contribution in [0.1, 0.15) is 19.3 Å². The van der Waals surface area contributed by atoms with Gasteiger partial charge in [0.2, 0.25) is 5.91 Å². The topological polar surface area (TPSA) is 112 Å².